The van der Waals surface area contributed by atoms with E-state index in [0.717, 1.165) is 4.88 Å². The average molecular weight is 390 g/mol. The molecular weight excluding hydrogens is 374 g/mol. The minimum atomic E-state index is -0.720. The lowest BCUT2D eigenvalue weighted by Gasteiger charge is -2.14. The van der Waals surface area contributed by atoms with E-state index in [1.165, 1.54) is 17.6 Å². The molecule has 0 aliphatic carbocycles. The zero-order chi connectivity index (χ0) is 18.5. The summed E-state index contributed by atoms with van der Waals surface area (Å²) in [6.45, 7) is 1.81. The van der Waals surface area contributed by atoms with Gasteiger partial charge in [0, 0.05) is 0 Å². The number of thiophene rings is 1. The Morgan fingerprint density at radius 3 is 2.81 bits per heavy atom. The topological polar surface area (TPSA) is 84.2 Å². The van der Waals surface area contributed by atoms with Gasteiger partial charge >= 0.3 is 0 Å². The van der Waals surface area contributed by atoms with Crippen LogP contribution >= 0.6 is 22.9 Å². The summed E-state index contributed by atoms with van der Waals surface area (Å²) in [5.41, 5.74) is 0.928. The molecule has 8 heteroatoms. The highest BCUT2D eigenvalue weighted by Crippen LogP contribution is 2.23. The lowest BCUT2D eigenvalue weighted by molar-refractivity contribution is -0.122. The zero-order valence-electron chi connectivity index (χ0n) is 13.9. The van der Waals surface area contributed by atoms with Gasteiger partial charge in [-0.05, 0) is 30.5 Å². The molecule has 0 saturated heterocycles. The first kappa shape index (κ1) is 18.2. The molecule has 2 aromatic heterocycles. The van der Waals surface area contributed by atoms with Gasteiger partial charge in [0.2, 0.25) is 11.8 Å². The van der Waals surface area contributed by atoms with Gasteiger partial charge in [-0.15, -0.1) is 11.3 Å². The van der Waals surface area contributed by atoms with Gasteiger partial charge in [0.1, 0.15) is 12.3 Å². The molecular formula is C18H16ClN3O3S. The summed E-state index contributed by atoms with van der Waals surface area (Å²) in [7, 11) is 0. The van der Waals surface area contributed by atoms with Crippen LogP contribution in [0.5, 0.6) is 0 Å². The first-order valence-electron chi connectivity index (χ1n) is 7.86. The third-order valence-electron chi connectivity index (χ3n) is 3.59. The molecule has 2 N–H and O–H groups in total. The Balaban J connectivity index is 1.53. The van der Waals surface area contributed by atoms with E-state index < -0.39 is 11.9 Å². The van der Waals surface area contributed by atoms with Gasteiger partial charge in [0.15, 0.2) is 0 Å². The van der Waals surface area contributed by atoms with Crippen LogP contribution in [0.1, 0.15) is 23.0 Å². The van der Waals surface area contributed by atoms with Crippen LogP contribution in [0.25, 0.3) is 10.8 Å². The van der Waals surface area contributed by atoms with E-state index >= 15 is 0 Å². The van der Waals surface area contributed by atoms with Crippen molar-refractivity contribution >= 4 is 34.8 Å². The number of benzene rings is 1. The number of oxazole rings is 1. The predicted molar refractivity (Wildman–Crippen MR) is 100 cm³/mol. The molecule has 2 amide bonds. The maximum atomic E-state index is 12.2. The van der Waals surface area contributed by atoms with Gasteiger partial charge in [-0.1, -0.05) is 29.8 Å². The molecule has 26 heavy (non-hydrogen) atoms. The first-order valence-corrected chi connectivity index (χ1v) is 9.11. The Hall–Kier alpha value is -2.64. The van der Waals surface area contributed by atoms with Crippen molar-refractivity contribution in [3.05, 3.63) is 64.3 Å². The minimum absolute atomic E-state index is 0.208. The van der Waals surface area contributed by atoms with E-state index in [9.17, 15) is 9.59 Å². The van der Waals surface area contributed by atoms with Gasteiger partial charge < -0.3 is 15.1 Å². The van der Waals surface area contributed by atoms with Crippen LogP contribution in [0.4, 0.5) is 0 Å². The molecule has 1 aromatic carbocycles. The van der Waals surface area contributed by atoms with Crippen molar-refractivity contribution in [3.8, 4) is 10.8 Å². The van der Waals surface area contributed by atoms with E-state index in [4.69, 9.17) is 16.0 Å². The van der Waals surface area contributed by atoms with Crippen molar-refractivity contribution in [1.82, 2.24) is 15.6 Å². The van der Waals surface area contributed by atoms with E-state index in [2.05, 4.69) is 15.6 Å². The summed E-state index contributed by atoms with van der Waals surface area (Å²) in [4.78, 5) is 29.6. The Morgan fingerprint density at radius 1 is 1.27 bits per heavy atom. The molecule has 0 bridgehead atoms. The number of carbonyl (C=O) groups is 2. The standard InChI is InChI=1S/C18H16ClN3O3S/c1-11(21-17(24)13-5-2-3-6-14(13)19)16(23)20-9-12-10-25-18(22-12)15-7-4-8-26-15/h2-8,10-11H,9H2,1H3,(H,20,23)(H,21,24)/t11-/m1/s1. The van der Waals surface area contributed by atoms with Crippen molar-refractivity contribution in [3.63, 3.8) is 0 Å². The van der Waals surface area contributed by atoms with E-state index in [-0.39, 0.29) is 12.5 Å². The van der Waals surface area contributed by atoms with Crippen molar-refractivity contribution in [1.29, 1.82) is 0 Å². The number of aromatic nitrogens is 1. The van der Waals surface area contributed by atoms with Gasteiger partial charge in [-0.25, -0.2) is 4.98 Å². The Bertz CT molecular complexity index is 908. The van der Waals surface area contributed by atoms with E-state index in [1.54, 1.807) is 31.2 Å². The number of hydrogen-bond acceptors (Lipinski definition) is 5. The molecule has 0 saturated carbocycles. The van der Waals surface area contributed by atoms with Gasteiger partial charge in [-0.2, -0.15) is 0 Å². The lowest BCUT2D eigenvalue weighted by Crippen LogP contribution is -2.44. The molecule has 0 spiro atoms. The Kier molecular flexibility index (Phi) is 5.70. The van der Waals surface area contributed by atoms with Crippen LogP contribution in [-0.4, -0.2) is 22.8 Å². The molecule has 2 heterocycles. The summed E-state index contributed by atoms with van der Waals surface area (Å²) in [6.07, 6.45) is 1.50. The number of rotatable bonds is 6. The fourth-order valence-electron chi connectivity index (χ4n) is 2.22. The molecule has 0 aliphatic rings. The highest BCUT2D eigenvalue weighted by molar-refractivity contribution is 7.13. The molecule has 6 nitrogen and oxygen atoms in total. The maximum absolute atomic E-state index is 12.2. The second kappa shape index (κ2) is 8.16. The molecule has 0 aliphatic heterocycles. The number of amides is 2. The first-order chi connectivity index (χ1) is 12.5. The highest BCUT2D eigenvalue weighted by atomic mass is 35.5. The quantitative estimate of drug-likeness (QED) is 0.675. The van der Waals surface area contributed by atoms with Crippen LogP contribution in [0.3, 0.4) is 0 Å². The van der Waals surface area contributed by atoms with Crippen LogP contribution in [0.15, 0.2) is 52.5 Å². The van der Waals surface area contributed by atoms with Crippen molar-refractivity contribution in [2.75, 3.05) is 0 Å². The van der Waals surface area contributed by atoms with Crippen LogP contribution in [0.2, 0.25) is 5.02 Å². The maximum Gasteiger partial charge on any atom is 0.253 e. The predicted octanol–water partition coefficient (Wildman–Crippen LogP) is 3.49. The van der Waals surface area contributed by atoms with E-state index in [1.807, 2.05) is 17.5 Å². The zero-order valence-corrected chi connectivity index (χ0v) is 15.4. The number of nitrogens with one attached hydrogen (secondary N) is 2. The largest absolute Gasteiger partial charge is 0.443 e. The summed E-state index contributed by atoms with van der Waals surface area (Å²) in [6, 6.07) is 9.77. The normalized spacial score (nSPS) is 11.8. The summed E-state index contributed by atoms with van der Waals surface area (Å²) in [5, 5.41) is 7.62. The molecule has 0 unspecified atom stereocenters. The lowest BCUT2D eigenvalue weighted by atomic mass is 10.2. The average Bonchev–Trinajstić information content (AvgIpc) is 3.31. The van der Waals surface area contributed by atoms with Gasteiger partial charge in [0.05, 0.1) is 27.7 Å². The van der Waals surface area contributed by atoms with Crippen molar-refractivity contribution < 1.29 is 14.0 Å². The second-order valence-electron chi connectivity index (χ2n) is 5.51. The third kappa shape index (κ3) is 4.30. The van der Waals surface area contributed by atoms with Crippen LogP contribution < -0.4 is 10.6 Å². The molecule has 0 fully saturated rings. The number of halogens is 1. The van der Waals surface area contributed by atoms with Crippen LogP contribution in [0, 0.1) is 0 Å². The summed E-state index contributed by atoms with van der Waals surface area (Å²) >= 11 is 7.51. The van der Waals surface area contributed by atoms with Gasteiger partial charge in [-0.3, -0.25) is 9.59 Å². The van der Waals surface area contributed by atoms with Crippen molar-refractivity contribution in [2.45, 2.75) is 19.5 Å². The molecule has 3 aromatic rings. The summed E-state index contributed by atoms with van der Waals surface area (Å²) in [5.74, 6) is -0.213. The van der Waals surface area contributed by atoms with E-state index in [0.29, 0.717) is 22.2 Å². The second-order valence-corrected chi connectivity index (χ2v) is 6.87. The molecule has 134 valence electrons. The Labute approximate surface area is 159 Å². The molecule has 1 atom stereocenters. The number of carbonyl (C=O) groups excluding carboxylic acids is 2. The smallest absolute Gasteiger partial charge is 0.253 e. The fourth-order valence-corrected chi connectivity index (χ4v) is 3.09. The SMILES string of the molecule is C[C@@H](NC(=O)c1ccccc1Cl)C(=O)NCc1coc(-c2cccs2)n1. The molecule has 3 rings (SSSR count). The van der Waals surface area contributed by atoms with Crippen LogP contribution in [-0.2, 0) is 11.3 Å². The summed E-state index contributed by atoms with van der Waals surface area (Å²) < 4.78 is 5.40. The van der Waals surface area contributed by atoms with Crippen molar-refractivity contribution in [2.24, 2.45) is 0 Å². The van der Waals surface area contributed by atoms with Gasteiger partial charge in [0.25, 0.3) is 5.91 Å². The third-order valence-corrected chi connectivity index (χ3v) is 4.77. The number of hydrogen-bond donors (Lipinski definition) is 2. The number of nitrogens with zero attached hydrogens (tertiary/aromatic N) is 1. The monoisotopic (exact) mass is 389 g/mol. The molecule has 0 radical (unpaired) electrons. The fraction of sp³-hybridized carbons (Fsp3) is 0.167. The minimum Gasteiger partial charge on any atom is -0.443 e. The Morgan fingerprint density at radius 2 is 2.08 bits per heavy atom. The highest BCUT2D eigenvalue weighted by Gasteiger charge is 2.18.